The molecular formula is C15H22BrClN2O. The van der Waals surface area contributed by atoms with Crippen LogP contribution in [0.1, 0.15) is 25.8 Å². The van der Waals surface area contributed by atoms with Gasteiger partial charge < -0.3 is 10.6 Å². The van der Waals surface area contributed by atoms with Crippen LogP contribution in [0.2, 0.25) is 0 Å². The molecule has 1 unspecified atom stereocenters. The van der Waals surface area contributed by atoms with Crippen LogP contribution in [0.3, 0.4) is 0 Å². The standard InChI is InChI=1S/C15H21BrN2O.ClH/c1-15(2,12-4-3-5-13(16)8-12)10-18-14(19)11-6-7-17-9-11;/h3-5,8,11,17H,6-7,9-10H2,1-2H3,(H,18,19);1H. The summed E-state index contributed by atoms with van der Waals surface area (Å²) in [6.07, 6.45) is 0.948. The quantitative estimate of drug-likeness (QED) is 0.866. The van der Waals surface area contributed by atoms with E-state index in [4.69, 9.17) is 0 Å². The second kappa shape index (κ2) is 7.43. The van der Waals surface area contributed by atoms with Crippen molar-refractivity contribution < 1.29 is 4.79 Å². The number of carbonyl (C=O) groups is 1. The molecule has 0 aliphatic carbocycles. The Balaban J connectivity index is 0.00000200. The Labute approximate surface area is 135 Å². The summed E-state index contributed by atoms with van der Waals surface area (Å²) in [7, 11) is 0. The summed E-state index contributed by atoms with van der Waals surface area (Å²) in [4.78, 5) is 12.0. The largest absolute Gasteiger partial charge is 0.355 e. The molecule has 0 saturated carbocycles. The van der Waals surface area contributed by atoms with Crippen molar-refractivity contribution in [2.45, 2.75) is 25.7 Å². The van der Waals surface area contributed by atoms with Gasteiger partial charge in [-0.05, 0) is 30.7 Å². The zero-order valence-electron chi connectivity index (χ0n) is 11.9. The van der Waals surface area contributed by atoms with Crippen molar-refractivity contribution in [1.29, 1.82) is 0 Å². The lowest BCUT2D eigenvalue weighted by Gasteiger charge is -2.26. The predicted octanol–water partition coefficient (Wildman–Crippen LogP) is 2.87. The van der Waals surface area contributed by atoms with Crippen LogP contribution in [0.15, 0.2) is 28.7 Å². The number of rotatable bonds is 4. The summed E-state index contributed by atoms with van der Waals surface area (Å²) < 4.78 is 1.07. The maximum atomic E-state index is 12.0. The second-order valence-electron chi connectivity index (χ2n) is 5.80. The molecule has 1 atom stereocenters. The number of halogens is 2. The number of nitrogens with one attached hydrogen (secondary N) is 2. The van der Waals surface area contributed by atoms with E-state index < -0.39 is 0 Å². The smallest absolute Gasteiger partial charge is 0.224 e. The van der Waals surface area contributed by atoms with Crippen LogP contribution in [-0.2, 0) is 10.2 Å². The maximum Gasteiger partial charge on any atom is 0.224 e. The van der Waals surface area contributed by atoms with Crippen molar-refractivity contribution in [2.75, 3.05) is 19.6 Å². The van der Waals surface area contributed by atoms with Crippen molar-refractivity contribution in [2.24, 2.45) is 5.92 Å². The first-order valence-corrected chi connectivity index (χ1v) is 7.53. The van der Waals surface area contributed by atoms with E-state index >= 15 is 0 Å². The molecule has 1 aliphatic rings. The Morgan fingerprint density at radius 3 is 2.85 bits per heavy atom. The molecule has 1 heterocycles. The Morgan fingerprint density at radius 1 is 1.50 bits per heavy atom. The van der Waals surface area contributed by atoms with Gasteiger partial charge in [0.25, 0.3) is 0 Å². The molecule has 0 spiro atoms. The average Bonchev–Trinajstić information content (AvgIpc) is 2.90. The fourth-order valence-corrected chi connectivity index (χ4v) is 2.74. The predicted molar refractivity (Wildman–Crippen MR) is 88.4 cm³/mol. The topological polar surface area (TPSA) is 41.1 Å². The van der Waals surface area contributed by atoms with Gasteiger partial charge in [0.2, 0.25) is 5.91 Å². The SMILES string of the molecule is CC(C)(CNC(=O)C1CCNC1)c1cccc(Br)c1.Cl. The van der Waals surface area contributed by atoms with Crippen molar-refractivity contribution in [1.82, 2.24) is 10.6 Å². The fraction of sp³-hybridized carbons (Fsp3) is 0.533. The molecule has 20 heavy (non-hydrogen) atoms. The third-order valence-corrected chi connectivity index (χ3v) is 4.24. The summed E-state index contributed by atoms with van der Waals surface area (Å²) in [5, 5.41) is 6.31. The monoisotopic (exact) mass is 360 g/mol. The minimum atomic E-state index is -0.0640. The minimum absolute atomic E-state index is 0. The van der Waals surface area contributed by atoms with Gasteiger partial charge >= 0.3 is 0 Å². The summed E-state index contributed by atoms with van der Waals surface area (Å²) in [5.74, 6) is 0.311. The zero-order valence-corrected chi connectivity index (χ0v) is 14.3. The van der Waals surface area contributed by atoms with Gasteiger partial charge in [0.05, 0.1) is 5.92 Å². The lowest BCUT2D eigenvalue weighted by molar-refractivity contribution is -0.124. The molecule has 3 nitrogen and oxygen atoms in total. The van der Waals surface area contributed by atoms with E-state index in [1.165, 1.54) is 5.56 Å². The van der Waals surface area contributed by atoms with Crippen LogP contribution < -0.4 is 10.6 Å². The number of amides is 1. The molecule has 0 radical (unpaired) electrons. The Bertz CT molecular complexity index is 459. The molecule has 1 aromatic carbocycles. The molecule has 5 heteroatoms. The van der Waals surface area contributed by atoms with Gasteiger partial charge in [0.15, 0.2) is 0 Å². The van der Waals surface area contributed by atoms with E-state index in [1.807, 2.05) is 12.1 Å². The highest BCUT2D eigenvalue weighted by atomic mass is 79.9. The summed E-state index contributed by atoms with van der Waals surface area (Å²) >= 11 is 3.49. The van der Waals surface area contributed by atoms with Crippen LogP contribution in [0, 0.1) is 5.92 Å². The maximum absolute atomic E-state index is 12.0. The van der Waals surface area contributed by atoms with Crippen molar-refractivity contribution in [3.63, 3.8) is 0 Å². The molecule has 2 N–H and O–H groups in total. The van der Waals surface area contributed by atoms with Gasteiger partial charge in [-0.15, -0.1) is 12.4 Å². The number of hydrogen-bond acceptors (Lipinski definition) is 2. The van der Waals surface area contributed by atoms with Crippen LogP contribution in [0.5, 0.6) is 0 Å². The highest BCUT2D eigenvalue weighted by Crippen LogP contribution is 2.25. The summed E-state index contributed by atoms with van der Waals surface area (Å²) in [6.45, 7) is 6.74. The van der Waals surface area contributed by atoms with E-state index in [9.17, 15) is 4.79 Å². The third kappa shape index (κ3) is 4.47. The minimum Gasteiger partial charge on any atom is -0.355 e. The van der Waals surface area contributed by atoms with Gasteiger partial charge in [0, 0.05) is 23.0 Å². The van der Waals surface area contributed by atoms with Gasteiger partial charge in [-0.25, -0.2) is 0 Å². The van der Waals surface area contributed by atoms with Gasteiger partial charge in [0.1, 0.15) is 0 Å². The molecule has 1 aromatic rings. The molecule has 1 aliphatic heterocycles. The molecule has 1 amide bonds. The highest BCUT2D eigenvalue weighted by molar-refractivity contribution is 9.10. The first-order chi connectivity index (χ1) is 8.99. The van der Waals surface area contributed by atoms with E-state index in [2.05, 4.69) is 52.5 Å². The first-order valence-electron chi connectivity index (χ1n) is 6.73. The Kier molecular flexibility index (Phi) is 6.49. The van der Waals surface area contributed by atoms with Crippen LogP contribution in [0.25, 0.3) is 0 Å². The van der Waals surface area contributed by atoms with E-state index in [1.54, 1.807) is 0 Å². The molecule has 0 bridgehead atoms. The van der Waals surface area contributed by atoms with Gasteiger partial charge in [-0.1, -0.05) is 41.9 Å². The Morgan fingerprint density at radius 2 is 2.25 bits per heavy atom. The van der Waals surface area contributed by atoms with E-state index in [-0.39, 0.29) is 29.6 Å². The number of hydrogen-bond donors (Lipinski definition) is 2. The van der Waals surface area contributed by atoms with Crippen LogP contribution in [0.4, 0.5) is 0 Å². The lowest BCUT2D eigenvalue weighted by atomic mass is 9.84. The zero-order chi connectivity index (χ0) is 13.9. The number of carbonyl (C=O) groups excluding carboxylic acids is 1. The van der Waals surface area contributed by atoms with Crippen molar-refractivity contribution in [3.8, 4) is 0 Å². The molecule has 0 aromatic heterocycles. The first kappa shape index (κ1) is 17.5. The summed E-state index contributed by atoms with van der Waals surface area (Å²) in [5.41, 5.74) is 1.16. The normalized spacial score (nSPS) is 18.4. The van der Waals surface area contributed by atoms with Gasteiger partial charge in [-0.3, -0.25) is 4.79 Å². The molecule has 1 fully saturated rings. The van der Waals surface area contributed by atoms with E-state index in [0.717, 1.165) is 24.0 Å². The molecule has 1 saturated heterocycles. The molecule has 2 rings (SSSR count). The van der Waals surface area contributed by atoms with Crippen LogP contribution >= 0.6 is 28.3 Å². The van der Waals surface area contributed by atoms with Crippen molar-refractivity contribution >= 4 is 34.2 Å². The second-order valence-corrected chi connectivity index (χ2v) is 6.72. The Hall–Kier alpha value is -0.580. The molecular weight excluding hydrogens is 340 g/mol. The fourth-order valence-electron chi connectivity index (χ4n) is 2.34. The lowest BCUT2D eigenvalue weighted by Crippen LogP contribution is -2.40. The summed E-state index contributed by atoms with van der Waals surface area (Å²) in [6, 6.07) is 8.27. The number of benzene rings is 1. The average molecular weight is 362 g/mol. The van der Waals surface area contributed by atoms with Crippen LogP contribution in [-0.4, -0.2) is 25.5 Å². The van der Waals surface area contributed by atoms with E-state index in [0.29, 0.717) is 6.54 Å². The highest BCUT2D eigenvalue weighted by Gasteiger charge is 2.26. The third-order valence-electron chi connectivity index (χ3n) is 3.74. The van der Waals surface area contributed by atoms with Crippen molar-refractivity contribution in [3.05, 3.63) is 34.3 Å². The molecule has 112 valence electrons. The van der Waals surface area contributed by atoms with Gasteiger partial charge in [-0.2, -0.15) is 0 Å².